The number of hydrogen-bond acceptors (Lipinski definition) is 0. The third kappa shape index (κ3) is 1.85. The van der Waals surface area contributed by atoms with Crippen molar-refractivity contribution in [3.05, 3.63) is 11.6 Å². The van der Waals surface area contributed by atoms with Crippen molar-refractivity contribution in [1.29, 1.82) is 0 Å². The molecule has 1 saturated carbocycles. The van der Waals surface area contributed by atoms with Crippen LogP contribution in [0.5, 0.6) is 0 Å². The Labute approximate surface area is 80.0 Å². The van der Waals surface area contributed by atoms with Gasteiger partial charge in [-0.05, 0) is 31.6 Å². The minimum atomic E-state index is 0.349. The lowest BCUT2D eigenvalue weighted by atomic mass is 9.83. The van der Waals surface area contributed by atoms with Gasteiger partial charge in [-0.25, -0.2) is 0 Å². The molecule has 2 aliphatic carbocycles. The molecule has 0 heterocycles. The van der Waals surface area contributed by atoms with Crippen LogP contribution < -0.4 is 0 Å². The summed E-state index contributed by atoms with van der Waals surface area (Å²) in [6.07, 6.45) is 12.0. The Bertz CT molecular complexity index is 177. The molecule has 2 aliphatic rings. The molecule has 1 fully saturated rings. The zero-order valence-electron chi connectivity index (χ0n) is 7.56. The first kappa shape index (κ1) is 8.62. The van der Waals surface area contributed by atoms with E-state index in [4.69, 9.17) is 11.6 Å². The molecule has 0 aromatic rings. The Morgan fingerprint density at radius 2 is 1.83 bits per heavy atom. The van der Waals surface area contributed by atoms with Crippen LogP contribution in [0.1, 0.15) is 44.9 Å². The van der Waals surface area contributed by atoms with Crippen LogP contribution in [0.25, 0.3) is 0 Å². The molecule has 0 aliphatic heterocycles. The van der Waals surface area contributed by atoms with Crippen LogP contribution in [0.4, 0.5) is 0 Å². The normalized spacial score (nSPS) is 32.1. The van der Waals surface area contributed by atoms with Gasteiger partial charge in [0.2, 0.25) is 0 Å². The summed E-state index contributed by atoms with van der Waals surface area (Å²) >= 11 is 6.05. The molecule has 0 bridgehead atoms. The standard InChI is InChI=1S/C11H17Cl/c12-11-7-6-10(8-11)9-4-2-1-3-5-9/h8-9,11H,1-7H2. The van der Waals surface area contributed by atoms with Crippen molar-refractivity contribution < 1.29 is 0 Å². The average molecular weight is 185 g/mol. The van der Waals surface area contributed by atoms with Gasteiger partial charge < -0.3 is 0 Å². The zero-order valence-corrected chi connectivity index (χ0v) is 8.32. The minimum absolute atomic E-state index is 0.349. The third-order valence-electron chi connectivity index (χ3n) is 3.23. The molecule has 0 amide bonds. The van der Waals surface area contributed by atoms with Gasteiger partial charge in [0.25, 0.3) is 0 Å². The van der Waals surface area contributed by atoms with E-state index in [1.807, 2.05) is 0 Å². The fourth-order valence-electron chi connectivity index (χ4n) is 2.52. The number of allylic oxidation sites excluding steroid dienone is 2. The van der Waals surface area contributed by atoms with Crippen molar-refractivity contribution in [3.63, 3.8) is 0 Å². The van der Waals surface area contributed by atoms with Crippen LogP contribution in [0.15, 0.2) is 11.6 Å². The van der Waals surface area contributed by atoms with E-state index >= 15 is 0 Å². The van der Waals surface area contributed by atoms with Gasteiger partial charge in [0.05, 0.1) is 5.38 Å². The molecule has 0 radical (unpaired) electrons. The summed E-state index contributed by atoms with van der Waals surface area (Å²) in [7, 11) is 0. The van der Waals surface area contributed by atoms with Gasteiger partial charge >= 0.3 is 0 Å². The predicted molar refractivity (Wildman–Crippen MR) is 53.5 cm³/mol. The van der Waals surface area contributed by atoms with Gasteiger partial charge in [-0.1, -0.05) is 30.9 Å². The highest BCUT2D eigenvalue weighted by Gasteiger charge is 2.22. The molecule has 0 N–H and O–H groups in total. The topological polar surface area (TPSA) is 0 Å². The Morgan fingerprint density at radius 3 is 2.42 bits per heavy atom. The minimum Gasteiger partial charge on any atom is -0.118 e. The Hall–Kier alpha value is 0.0300. The molecule has 0 saturated heterocycles. The highest BCUT2D eigenvalue weighted by Crippen LogP contribution is 2.36. The van der Waals surface area contributed by atoms with Crippen molar-refractivity contribution in [2.75, 3.05) is 0 Å². The molecule has 12 heavy (non-hydrogen) atoms. The summed E-state index contributed by atoms with van der Waals surface area (Å²) in [6, 6.07) is 0. The summed E-state index contributed by atoms with van der Waals surface area (Å²) in [6.45, 7) is 0. The van der Waals surface area contributed by atoms with Crippen molar-refractivity contribution in [3.8, 4) is 0 Å². The maximum absolute atomic E-state index is 6.05. The summed E-state index contributed by atoms with van der Waals surface area (Å²) in [4.78, 5) is 0. The van der Waals surface area contributed by atoms with Gasteiger partial charge in [0.1, 0.15) is 0 Å². The van der Waals surface area contributed by atoms with Crippen LogP contribution in [-0.4, -0.2) is 5.38 Å². The fourth-order valence-corrected chi connectivity index (χ4v) is 2.79. The lowest BCUT2D eigenvalue weighted by molar-refractivity contribution is 0.397. The first-order chi connectivity index (χ1) is 5.86. The SMILES string of the molecule is ClC1C=C(C2CCCCC2)CC1. The van der Waals surface area contributed by atoms with E-state index in [0.29, 0.717) is 5.38 Å². The summed E-state index contributed by atoms with van der Waals surface area (Å²) in [5.74, 6) is 0.905. The Morgan fingerprint density at radius 1 is 1.08 bits per heavy atom. The van der Waals surface area contributed by atoms with Gasteiger partial charge in [-0.15, -0.1) is 11.6 Å². The van der Waals surface area contributed by atoms with E-state index in [-0.39, 0.29) is 0 Å². The molecule has 1 unspecified atom stereocenters. The number of halogens is 1. The first-order valence-corrected chi connectivity index (χ1v) is 5.64. The summed E-state index contributed by atoms with van der Waals surface area (Å²) in [5, 5.41) is 0.349. The number of rotatable bonds is 1. The van der Waals surface area contributed by atoms with Crippen molar-refractivity contribution in [1.82, 2.24) is 0 Å². The molecule has 0 aromatic carbocycles. The van der Waals surface area contributed by atoms with Gasteiger partial charge in [0.15, 0.2) is 0 Å². The van der Waals surface area contributed by atoms with Crippen LogP contribution in [-0.2, 0) is 0 Å². The predicted octanol–water partition coefficient (Wildman–Crippen LogP) is 3.89. The smallest absolute Gasteiger partial charge is 0.0521 e. The van der Waals surface area contributed by atoms with Crippen molar-refractivity contribution in [2.24, 2.45) is 5.92 Å². The lowest BCUT2D eigenvalue weighted by Gasteiger charge is -2.22. The largest absolute Gasteiger partial charge is 0.118 e. The van der Waals surface area contributed by atoms with Crippen LogP contribution >= 0.6 is 11.6 Å². The average Bonchev–Trinajstić information content (AvgIpc) is 2.54. The first-order valence-electron chi connectivity index (χ1n) is 5.21. The fraction of sp³-hybridized carbons (Fsp3) is 0.818. The highest BCUT2D eigenvalue weighted by atomic mass is 35.5. The Kier molecular flexibility index (Phi) is 2.75. The summed E-state index contributed by atoms with van der Waals surface area (Å²) < 4.78 is 0. The van der Waals surface area contributed by atoms with Crippen LogP contribution in [0.3, 0.4) is 0 Å². The number of hydrogen-bond donors (Lipinski definition) is 0. The molecular formula is C11H17Cl. The molecule has 68 valence electrons. The molecular weight excluding hydrogens is 168 g/mol. The Balaban J connectivity index is 1.94. The molecule has 0 nitrogen and oxygen atoms in total. The van der Waals surface area contributed by atoms with E-state index in [2.05, 4.69) is 6.08 Å². The second-order valence-corrected chi connectivity index (χ2v) is 4.69. The lowest BCUT2D eigenvalue weighted by Crippen LogP contribution is -2.07. The molecule has 1 heteroatoms. The molecule has 2 rings (SSSR count). The summed E-state index contributed by atoms with van der Waals surface area (Å²) in [5.41, 5.74) is 1.68. The number of alkyl halides is 1. The van der Waals surface area contributed by atoms with Crippen molar-refractivity contribution in [2.45, 2.75) is 50.3 Å². The molecule has 0 spiro atoms. The maximum atomic E-state index is 6.05. The van der Waals surface area contributed by atoms with Crippen LogP contribution in [0, 0.1) is 5.92 Å². The van der Waals surface area contributed by atoms with Gasteiger partial charge in [-0.3, -0.25) is 0 Å². The second kappa shape index (κ2) is 3.83. The monoisotopic (exact) mass is 184 g/mol. The zero-order chi connectivity index (χ0) is 8.39. The van der Waals surface area contributed by atoms with Crippen molar-refractivity contribution >= 4 is 11.6 Å². The van der Waals surface area contributed by atoms with E-state index in [9.17, 15) is 0 Å². The second-order valence-electron chi connectivity index (χ2n) is 4.13. The molecule has 0 aromatic heterocycles. The highest BCUT2D eigenvalue weighted by molar-refractivity contribution is 6.22. The maximum Gasteiger partial charge on any atom is 0.0521 e. The van der Waals surface area contributed by atoms with E-state index in [1.165, 1.54) is 44.9 Å². The molecule has 1 atom stereocenters. The van der Waals surface area contributed by atoms with E-state index in [0.717, 1.165) is 5.92 Å². The van der Waals surface area contributed by atoms with E-state index < -0.39 is 0 Å². The van der Waals surface area contributed by atoms with Gasteiger partial charge in [0, 0.05) is 0 Å². The van der Waals surface area contributed by atoms with Gasteiger partial charge in [-0.2, -0.15) is 0 Å². The third-order valence-corrected chi connectivity index (χ3v) is 3.58. The van der Waals surface area contributed by atoms with E-state index in [1.54, 1.807) is 5.57 Å². The quantitative estimate of drug-likeness (QED) is 0.429. The van der Waals surface area contributed by atoms with Crippen LogP contribution in [0.2, 0.25) is 0 Å².